The maximum atomic E-state index is 15.0. The van der Waals surface area contributed by atoms with Gasteiger partial charge in [-0.2, -0.15) is 0 Å². The van der Waals surface area contributed by atoms with Crippen LogP contribution in [0, 0.1) is 23.2 Å². The van der Waals surface area contributed by atoms with Crippen molar-refractivity contribution in [3.8, 4) is 17.2 Å². The summed E-state index contributed by atoms with van der Waals surface area (Å²) in [5.41, 5.74) is -0.435. The van der Waals surface area contributed by atoms with Gasteiger partial charge in [-0.25, -0.2) is 0 Å². The molecule has 4 aliphatic carbocycles. The Morgan fingerprint density at radius 3 is 1.45 bits per heavy atom. The molecular formula is C38H48O5S. The average molecular weight is 617 g/mol. The summed E-state index contributed by atoms with van der Waals surface area (Å²) in [6.07, 6.45) is 6.30. The average Bonchev–Trinajstić information content (AvgIpc) is 2.95. The second-order valence-electron chi connectivity index (χ2n) is 14.0. The van der Waals surface area contributed by atoms with E-state index in [0.717, 1.165) is 33.9 Å². The monoisotopic (exact) mass is 616 g/mol. The molecular weight excluding hydrogens is 568 g/mol. The fourth-order valence-corrected chi connectivity index (χ4v) is 11.4. The summed E-state index contributed by atoms with van der Waals surface area (Å²) < 4.78 is 26.8. The summed E-state index contributed by atoms with van der Waals surface area (Å²) in [5, 5.41) is 0. The first-order valence-corrected chi connectivity index (χ1v) is 18.0. The highest BCUT2D eigenvalue weighted by Gasteiger charge is 2.57. The van der Waals surface area contributed by atoms with E-state index in [2.05, 4.69) is 24.3 Å². The van der Waals surface area contributed by atoms with Crippen molar-refractivity contribution in [2.45, 2.75) is 113 Å². The van der Waals surface area contributed by atoms with Crippen molar-refractivity contribution >= 4 is 16.3 Å². The SMILES string of the molecule is CC(C)Oc1cc(OC(C)C)c(S(OC(=O)C23CC4CC(CC(C4)C2)C3)(c2ccccc2)c2ccccc2)c(OC(C)C)c1. The van der Waals surface area contributed by atoms with E-state index in [-0.39, 0.29) is 24.3 Å². The Kier molecular flexibility index (Phi) is 8.67. The third kappa shape index (κ3) is 5.94. The lowest BCUT2D eigenvalue weighted by molar-refractivity contribution is -0.160. The third-order valence-electron chi connectivity index (χ3n) is 9.20. The zero-order chi connectivity index (χ0) is 31.1. The first-order chi connectivity index (χ1) is 21.1. The number of hydrogen-bond acceptors (Lipinski definition) is 5. The molecule has 44 heavy (non-hydrogen) atoms. The molecule has 3 aromatic rings. The molecule has 0 N–H and O–H groups in total. The number of ether oxygens (including phenoxy) is 3. The van der Waals surface area contributed by atoms with Crippen LogP contribution < -0.4 is 14.2 Å². The van der Waals surface area contributed by atoms with Crippen LogP contribution in [0.3, 0.4) is 0 Å². The van der Waals surface area contributed by atoms with Crippen LogP contribution in [0.4, 0.5) is 0 Å². The summed E-state index contributed by atoms with van der Waals surface area (Å²) in [4.78, 5) is 17.6. The predicted molar refractivity (Wildman–Crippen MR) is 176 cm³/mol. The summed E-state index contributed by atoms with van der Waals surface area (Å²) in [5.74, 6) is 3.71. The zero-order valence-electron chi connectivity index (χ0n) is 27.1. The largest absolute Gasteiger partial charge is 0.491 e. The van der Waals surface area contributed by atoms with Crippen LogP contribution in [-0.4, -0.2) is 24.3 Å². The molecule has 0 unspecified atom stereocenters. The molecule has 0 atom stereocenters. The number of carbonyl (C=O) groups excluding carboxylic acids is 1. The van der Waals surface area contributed by atoms with Crippen molar-refractivity contribution in [1.82, 2.24) is 0 Å². The van der Waals surface area contributed by atoms with Crippen LogP contribution in [0.5, 0.6) is 17.2 Å². The summed E-state index contributed by atoms with van der Waals surface area (Å²) in [6.45, 7) is 12.1. The van der Waals surface area contributed by atoms with Gasteiger partial charge >= 0.3 is 5.97 Å². The van der Waals surface area contributed by atoms with Crippen LogP contribution in [0.25, 0.3) is 0 Å². The van der Waals surface area contributed by atoms with Crippen molar-refractivity contribution in [3.63, 3.8) is 0 Å². The van der Waals surface area contributed by atoms with Gasteiger partial charge in [0.1, 0.15) is 22.1 Å². The first kappa shape index (κ1) is 30.9. The minimum absolute atomic E-state index is 0.0334. The Hall–Kier alpha value is -3.12. The van der Waals surface area contributed by atoms with E-state index in [0.29, 0.717) is 35.0 Å². The highest BCUT2D eigenvalue weighted by Crippen LogP contribution is 2.75. The Balaban J connectivity index is 1.62. The number of hydrogen-bond donors (Lipinski definition) is 0. The van der Waals surface area contributed by atoms with Gasteiger partial charge < -0.3 is 18.4 Å². The van der Waals surface area contributed by atoms with Crippen LogP contribution in [0.15, 0.2) is 87.5 Å². The molecule has 4 saturated carbocycles. The quantitative estimate of drug-likeness (QED) is 0.215. The van der Waals surface area contributed by atoms with Crippen LogP contribution in [0.2, 0.25) is 0 Å². The van der Waals surface area contributed by atoms with Gasteiger partial charge in [-0.3, -0.25) is 4.79 Å². The molecule has 4 aliphatic rings. The Bertz CT molecular complexity index is 1340. The van der Waals surface area contributed by atoms with Crippen LogP contribution >= 0.6 is 10.3 Å². The number of rotatable bonds is 11. The molecule has 0 spiro atoms. The smallest absolute Gasteiger partial charge is 0.323 e. The third-order valence-corrected chi connectivity index (χ3v) is 12.5. The van der Waals surface area contributed by atoms with Crippen molar-refractivity contribution in [2.75, 3.05) is 0 Å². The minimum Gasteiger partial charge on any atom is -0.491 e. The van der Waals surface area contributed by atoms with Crippen LogP contribution in [0.1, 0.15) is 80.1 Å². The van der Waals surface area contributed by atoms with Gasteiger partial charge in [-0.15, -0.1) is 0 Å². The van der Waals surface area contributed by atoms with E-state index >= 15 is 4.79 Å². The summed E-state index contributed by atoms with van der Waals surface area (Å²) in [6, 6.07) is 24.4. The van der Waals surface area contributed by atoms with Gasteiger partial charge in [-0.1, -0.05) is 36.4 Å². The van der Waals surface area contributed by atoms with Gasteiger partial charge in [0.25, 0.3) is 0 Å². The molecule has 3 aromatic carbocycles. The van der Waals surface area contributed by atoms with Crippen molar-refractivity contribution < 1.29 is 23.2 Å². The maximum absolute atomic E-state index is 15.0. The topological polar surface area (TPSA) is 54.0 Å². The molecule has 7 rings (SSSR count). The predicted octanol–water partition coefficient (Wildman–Crippen LogP) is 10.0. The molecule has 0 aromatic heterocycles. The van der Waals surface area contributed by atoms with Gasteiger partial charge in [0.2, 0.25) is 0 Å². The van der Waals surface area contributed by atoms with Gasteiger partial charge in [-0.05, 0) is 122 Å². The zero-order valence-corrected chi connectivity index (χ0v) is 27.9. The van der Waals surface area contributed by atoms with Crippen molar-refractivity contribution in [1.29, 1.82) is 0 Å². The standard InChI is InChI=1S/C38H48O5S/c1-25(2)40-31-20-34(41-26(3)4)36(35(21-31)42-27(5)6)44(32-13-9-7-10-14-32,33-15-11-8-12-16-33)43-37(39)38-22-28-17-29(23-38)19-30(18-28)24-38/h7-16,20-21,25-30H,17-19,22-24H2,1-6H3. The van der Waals surface area contributed by atoms with Crippen molar-refractivity contribution in [3.05, 3.63) is 72.8 Å². The maximum Gasteiger partial charge on any atom is 0.323 e. The number of carbonyl (C=O) groups is 1. The van der Waals surface area contributed by atoms with E-state index in [1.165, 1.54) is 19.3 Å². The van der Waals surface area contributed by atoms with E-state index in [9.17, 15) is 0 Å². The second-order valence-corrected chi connectivity index (χ2v) is 16.6. The molecule has 0 aliphatic heterocycles. The van der Waals surface area contributed by atoms with Crippen LogP contribution in [-0.2, 0) is 8.98 Å². The van der Waals surface area contributed by atoms with E-state index in [4.69, 9.17) is 18.4 Å². The minimum atomic E-state index is -2.68. The first-order valence-electron chi connectivity index (χ1n) is 16.4. The Morgan fingerprint density at radius 1 is 0.659 bits per heavy atom. The number of benzene rings is 3. The second kappa shape index (κ2) is 12.3. The fourth-order valence-electron chi connectivity index (χ4n) is 8.16. The lowest BCUT2D eigenvalue weighted by atomic mass is 9.49. The molecule has 4 bridgehead atoms. The summed E-state index contributed by atoms with van der Waals surface area (Å²) >= 11 is 0. The fraction of sp³-hybridized carbons (Fsp3) is 0.500. The lowest BCUT2D eigenvalue weighted by Gasteiger charge is -2.56. The molecule has 0 amide bonds. The molecule has 0 heterocycles. The molecule has 236 valence electrons. The van der Waals surface area contributed by atoms with Gasteiger partial charge in [0, 0.05) is 32.2 Å². The lowest BCUT2D eigenvalue weighted by Crippen LogP contribution is -2.50. The van der Waals surface area contributed by atoms with Gasteiger partial charge in [0.15, 0.2) is 0 Å². The summed E-state index contributed by atoms with van der Waals surface area (Å²) in [7, 11) is -2.68. The normalized spacial score (nSPS) is 24.5. The Morgan fingerprint density at radius 2 is 1.07 bits per heavy atom. The molecule has 5 nitrogen and oxygen atoms in total. The highest BCUT2D eigenvalue weighted by atomic mass is 32.3. The Labute approximate surface area is 265 Å². The van der Waals surface area contributed by atoms with Gasteiger partial charge in [0.05, 0.1) is 23.7 Å². The molecule has 0 saturated heterocycles. The van der Waals surface area contributed by atoms with E-state index < -0.39 is 15.7 Å². The molecule has 6 heteroatoms. The van der Waals surface area contributed by atoms with E-state index in [1.54, 1.807) is 0 Å². The van der Waals surface area contributed by atoms with E-state index in [1.807, 2.05) is 90.1 Å². The molecule has 4 fully saturated rings. The van der Waals surface area contributed by atoms with Crippen molar-refractivity contribution in [2.24, 2.45) is 23.2 Å². The highest BCUT2D eigenvalue weighted by molar-refractivity contribution is 8.30. The molecule has 0 radical (unpaired) electrons.